The Morgan fingerprint density at radius 3 is 1.19 bits per heavy atom. The maximum atomic E-state index is 14.9. The topological polar surface area (TPSA) is 132 Å². The van der Waals surface area contributed by atoms with Crippen molar-refractivity contribution in [1.82, 2.24) is 0 Å². The molecule has 6 rings (SSSR count). The zero-order valence-corrected chi connectivity index (χ0v) is 35.6. The van der Waals surface area contributed by atoms with Gasteiger partial charge >= 0.3 is 29.8 Å². The van der Waals surface area contributed by atoms with Gasteiger partial charge in [-0.1, -0.05) is 53.3 Å². The Morgan fingerprint density at radius 1 is 0.508 bits per heavy atom. The van der Waals surface area contributed by atoms with Crippen LogP contribution in [-0.4, -0.2) is 88.8 Å². The number of benzene rings is 4. The first-order chi connectivity index (χ1) is 28.1. The lowest BCUT2D eigenvalue weighted by Gasteiger charge is -2.20. The average Bonchev–Trinajstić information content (AvgIpc) is 3.65. The van der Waals surface area contributed by atoms with Crippen LogP contribution < -0.4 is 0 Å². The second-order valence-corrected chi connectivity index (χ2v) is 17.6. The van der Waals surface area contributed by atoms with Gasteiger partial charge in [0.2, 0.25) is 0 Å². The number of thioether (sulfide) groups is 2. The molecular formula is C41H34Cl4F2O10S2. The number of hydrogen-bond acceptors (Lipinski definition) is 12. The third-order valence-corrected chi connectivity index (χ3v) is 12.4. The average molecular weight is 931 g/mol. The Kier molecular flexibility index (Phi) is 16.7. The molecule has 4 aromatic carbocycles. The third-order valence-electron chi connectivity index (χ3n) is 8.61. The van der Waals surface area contributed by atoms with E-state index in [0.717, 1.165) is 18.7 Å². The predicted octanol–water partition coefficient (Wildman–Crippen LogP) is 9.94. The van der Waals surface area contributed by atoms with Crippen molar-refractivity contribution >= 4 is 99.8 Å². The van der Waals surface area contributed by atoms with Crippen LogP contribution in [0.15, 0.2) is 97.1 Å². The second-order valence-electron chi connectivity index (χ2n) is 12.9. The molecule has 0 saturated carbocycles. The molecule has 0 amide bonds. The summed E-state index contributed by atoms with van der Waals surface area (Å²) < 4.78 is 55.8. The molecule has 0 spiro atoms. The number of halogens is 6. The van der Waals surface area contributed by atoms with Crippen LogP contribution >= 0.6 is 69.9 Å². The lowest BCUT2D eigenvalue weighted by molar-refractivity contribution is -0.145. The van der Waals surface area contributed by atoms with Crippen LogP contribution in [0.2, 0.25) is 20.1 Å². The molecule has 18 heteroatoms. The van der Waals surface area contributed by atoms with Crippen LogP contribution in [0.25, 0.3) is 0 Å². The summed E-state index contributed by atoms with van der Waals surface area (Å²) >= 11 is 25.4. The van der Waals surface area contributed by atoms with E-state index >= 15 is 0 Å². The summed E-state index contributed by atoms with van der Waals surface area (Å²) in [5, 5.41) is 0.203. The first-order valence-electron chi connectivity index (χ1n) is 17.6. The van der Waals surface area contributed by atoms with Gasteiger partial charge in [-0.05, 0) is 97.1 Å². The first kappa shape index (κ1) is 46.0. The van der Waals surface area contributed by atoms with Crippen molar-refractivity contribution in [2.45, 2.75) is 59.6 Å². The summed E-state index contributed by atoms with van der Waals surface area (Å²) in [6.07, 6.45) is -5.47. The van der Waals surface area contributed by atoms with Crippen LogP contribution in [-0.2, 0) is 28.5 Å². The van der Waals surface area contributed by atoms with E-state index in [9.17, 15) is 32.8 Å². The molecule has 4 aromatic rings. The maximum absolute atomic E-state index is 14.9. The number of carbonyl (C=O) groups excluding carboxylic acids is 5. The molecule has 312 valence electrons. The Bertz CT molecular complexity index is 2100. The normalized spacial score (nSPS) is 23.3. The fourth-order valence-corrected chi connectivity index (χ4v) is 8.82. The minimum Gasteiger partial charge on any atom is -0.461 e. The standard InChI is InChI=1S/C21H17Cl2FO6S.C20H17Cl2FO4S/c1-11(25)29-21-17(24)18(30-20(27)13-4-8-15(23)9-5-13)16(31-21)10-28-19(26)12-2-6-14(22)7-3-12;1-11-17(23)18(27-20(25)13-4-8-15(22)9-5-13)16(28-11)10-26-19(24)12-2-6-14(21)7-3-12/h2-9,16-18,21H,10H2,1H3;2-9,11,16-18H,10H2,1H3/t16-,17+,18-,21-;11-,16-,17-,18-/m11/s1. The number of carbonyl (C=O) groups is 5. The lowest BCUT2D eigenvalue weighted by atomic mass is 10.1. The van der Waals surface area contributed by atoms with Crippen LogP contribution in [0.4, 0.5) is 8.78 Å². The second kappa shape index (κ2) is 21.5. The summed E-state index contributed by atoms with van der Waals surface area (Å²) in [5.74, 6) is -3.29. The molecule has 0 radical (unpaired) electrons. The van der Waals surface area contributed by atoms with Gasteiger partial charge in [0.15, 0.2) is 17.7 Å². The molecule has 2 fully saturated rings. The lowest BCUT2D eigenvalue weighted by Crippen LogP contribution is -2.37. The van der Waals surface area contributed by atoms with Crippen LogP contribution in [0, 0.1) is 0 Å². The molecule has 10 nitrogen and oxygen atoms in total. The van der Waals surface area contributed by atoms with E-state index in [1.54, 1.807) is 43.3 Å². The van der Waals surface area contributed by atoms with Gasteiger partial charge in [0, 0.05) is 32.3 Å². The van der Waals surface area contributed by atoms with E-state index in [1.165, 1.54) is 72.4 Å². The number of alkyl halides is 2. The van der Waals surface area contributed by atoms with Crippen molar-refractivity contribution < 1.29 is 56.4 Å². The Balaban J connectivity index is 0.000000225. The third kappa shape index (κ3) is 13.0. The highest BCUT2D eigenvalue weighted by atomic mass is 35.5. The summed E-state index contributed by atoms with van der Waals surface area (Å²) in [5.41, 5.74) is -0.144. The SMILES string of the molecule is CC(=O)O[C@@H]1S[C@H](COC(=O)c2ccc(Cl)cc2)[C@@H](OC(=O)c2ccc(Cl)cc2)[C@@H]1F.C[C@H]1S[C@H](COC(=O)c2ccc(Cl)cc2)[C@@H](OC(=O)c2ccc(Cl)cc2)[C@@H]1F. The zero-order chi connectivity index (χ0) is 42.8. The molecule has 2 aliphatic rings. The number of ether oxygens (including phenoxy) is 5. The van der Waals surface area contributed by atoms with E-state index < -0.39 is 70.3 Å². The van der Waals surface area contributed by atoms with E-state index in [0.29, 0.717) is 25.7 Å². The van der Waals surface area contributed by atoms with Crippen LogP contribution in [0.1, 0.15) is 55.3 Å². The van der Waals surface area contributed by atoms with E-state index in [-0.39, 0.29) is 35.2 Å². The minimum absolute atomic E-state index is 0.0740. The molecule has 0 N–H and O–H groups in total. The van der Waals surface area contributed by atoms with Crippen LogP contribution in [0.5, 0.6) is 0 Å². The van der Waals surface area contributed by atoms with Crippen molar-refractivity contribution in [3.63, 3.8) is 0 Å². The van der Waals surface area contributed by atoms with E-state index in [1.807, 2.05) is 0 Å². The van der Waals surface area contributed by atoms with Crippen molar-refractivity contribution in [2.75, 3.05) is 13.2 Å². The molecule has 0 aliphatic carbocycles. The Hall–Kier alpha value is -4.05. The van der Waals surface area contributed by atoms with Gasteiger partial charge in [0.25, 0.3) is 0 Å². The fraction of sp³-hybridized carbons (Fsp3) is 0.293. The molecule has 2 saturated heterocycles. The number of hydrogen-bond donors (Lipinski definition) is 0. The molecule has 0 aromatic heterocycles. The van der Waals surface area contributed by atoms with Gasteiger partial charge < -0.3 is 23.7 Å². The quantitative estimate of drug-likeness (QED) is 0.105. The highest BCUT2D eigenvalue weighted by molar-refractivity contribution is 8.01. The van der Waals surface area contributed by atoms with Crippen molar-refractivity contribution in [3.8, 4) is 0 Å². The van der Waals surface area contributed by atoms with Gasteiger partial charge in [-0.3, -0.25) is 4.79 Å². The molecule has 2 aliphatic heterocycles. The number of esters is 5. The Morgan fingerprint density at radius 2 is 0.831 bits per heavy atom. The van der Waals surface area contributed by atoms with Crippen molar-refractivity contribution in [3.05, 3.63) is 139 Å². The largest absolute Gasteiger partial charge is 0.461 e. The highest BCUT2D eigenvalue weighted by Crippen LogP contribution is 2.40. The monoisotopic (exact) mass is 928 g/mol. The first-order valence-corrected chi connectivity index (χ1v) is 21.0. The molecule has 8 atom stereocenters. The van der Waals surface area contributed by atoms with Gasteiger partial charge in [-0.2, -0.15) is 0 Å². The molecule has 0 bridgehead atoms. The van der Waals surface area contributed by atoms with E-state index in [4.69, 9.17) is 70.1 Å². The van der Waals surface area contributed by atoms with Gasteiger partial charge in [0.1, 0.15) is 25.5 Å². The van der Waals surface area contributed by atoms with Gasteiger partial charge in [-0.15, -0.1) is 23.5 Å². The maximum Gasteiger partial charge on any atom is 0.338 e. The van der Waals surface area contributed by atoms with Crippen LogP contribution in [0.3, 0.4) is 0 Å². The summed E-state index contributed by atoms with van der Waals surface area (Å²) in [6.45, 7) is 2.52. The van der Waals surface area contributed by atoms with Crippen molar-refractivity contribution in [2.24, 2.45) is 0 Å². The molecule has 59 heavy (non-hydrogen) atoms. The molecule has 2 heterocycles. The van der Waals surface area contributed by atoms with Gasteiger partial charge in [-0.25, -0.2) is 28.0 Å². The smallest absolute Gasteiger partial charge is 0.338 e. The fourth-order valence-electron chi connectivity index (χ4n) is 5.60. The Labute approximate surface area is 366 Å². The molecule has 0 unspecified atom stereocenters. The molecular weight excluding hydrogens is 896 g/mol. The predicted molar refractivity (Wildman–Crippen MR) is 222 cm³/mol. The summed E-state index contributed by atoms with van der Waals surface area (Å²) in [7, 11) is 0. The summed E-state index contributed by atoms with van der Waals surface area (Å²) in [6, 6.07) is 24.3. The zero-order valence-electron chi connectivity index (χ0n) is 30.9. The van der Waals surface area contributed by atoms with E-state index in [2.05, 4.69) is 0 Å². The number of rotatable bonds is 11. The minimum atomic E-state index is -1.80. The van der Waals surface area contributed by atoms with Crippen molar-refractivity contribution in [1.29, 1.82) is 0 Å². The van der Waals surface area contributed by atoms with Gasteiger partial charge in [0.05, 0.1) is 32.8 Å². The summed E-state index contributed by atoms with van der Waals surface area (Å²) in [4.78, 5) is 60.5. The highest BCUT2D eigenvalue weighted by Gasteiger charge is 2.50.